The Morgan fingerprint density at radius 1 is 1.25 bits per heavy atom. The van der Waals surface area contributed by atoms with Crippen molar-refractivity contribution in [2.24, 2.45) is 0 Å². The van der Waals surface area contributed by atoms with Crippen LogP contribution in [-0.4, -0.2) is 44.7 Å². The summed E-state index contributed by atoms with van der Waals surface area (Å²) in [5.41, 5.74) is 1.58. The Labute approximate surface area is 158 Å². The molecule has 0 radical (unpaired) electrons. The van der Waals surface area contributed by atoms with Gasteiger partial charge in [-0.2, -0.15) is 5.10 Å². The number of anilines is 1. The first-order valence-corrected chi connectivity index (χ1v) is 8.85. The average Bonchev–Trinajstić information content (AvgIpc) is 3.27. The summed E-state index contributed by atoms with van der Waals surface area (Å²) in [6, 6.07) is 3.65. The largest absolute Gasteiger partial charge is 0.446 e. The molecule has 2 aliphatic heterocycles. The second-order valence-corrected chi connectivity index (χ2v) is 6.64. The number of rotatable bonds is 0. The van der Waals surface area contributed by atoms with Gasteiger partial charge in [0, 0.05) is 18.4 Å². The van der Waals surface area contributed by atoms with Gasteiger partial charge in [0.15, 0.2) is 5.65 Å². The van der Waals surface area contributed by atoms with Crippen molar-refractivity contribution in [3.05, 3.63) is 53.4 Å². The van der Waals surface area contributed by atoms with Crippen molar-refractivity contribution in [3.63, 3.8) is 0 Å². The monoisotopic (exact) mass is 382 g/mol. The minimum absolute atomic E-state index is 0.0359. The zero-order chi connectivity index (χ0) is 19.3. The number of fused-ring (bicyclic) bond motifs is 6. The van der Waals surface area contributed by atoms with E-state index in [4.69, 9.17) is 4.74 Å². The summed E-state index contributed by atoms with van der Waals surface area (Å²) >= 11 is 0. The molecule has 1 fully saturated rings. The summed E-state index contributed by atoms with van der Waals surface area (Å²) in [4.78, 5) is 35.2. The van der Waals surface area contributed by atoms with E-state index in [1.54, 1.807) is 12.3 Å². The summed E-state index contributed by atoms with van der Waals surface area (Å²) in [6.07, 6.45) is 3.51. The highest BCUT2D eigenvalue weighted by atomic mass is 19.1. The Balaban J connectivity index is 1.69. The molecular weight excluding hydrogens is 367 g/mol. The number of cyclic esters (lactones) is 1. The van der Waals surface area contributed by atoms with Crippen LogP contribution in [0.25, 0.3) is 5.65 Å². The molecule has 1 saturated heterocycles. The van der Waals surface area contributed by atoms with Gasteiger partial charge in [0.2, 0.25) is 0 Å². The molecule has 142 valence electrons. The van der Waals surface area contributed by atoms with Gasteiger partial charge in [0.05, 0.1) is 11.9 Å². The van der Waals surface area contributed by atoms with Crippen LogP contribution in [-0.2, 0) is 11.2 Å². The normalized spacial score (nSPS) is 19.3. The first-order valence-electron chi connectivity index (χ1n) is 8.85. The van der Waals surface area contributed by atoms with Crippen molar-refractivity contribution in [1.29, 1.82) is 0 Å². The number of nitrogens with zero attached hydrogens (tertiary/aromatic N) is 5. The van der Waals surface area contributed by atoms with Crippen LogP contribution in [0.2, 0.25) is 0 Å². The third kappa shape index (κ3) is 2.65. The van der Waals surface area contributed by atoms with Crippen LogP contribution in [0.3, 0.4) is 0 Å². The maximum Gasteiger partial charge on any atom is 0.416 e. The highest BCUT2D eigenvalue weighted by Crippen LogP contribution is 2.32. The molecule has 1 atom stereocenters. The van der Waals surface area contributed by atoms with Crippen LogP contribution in [0.5, 0.6) is 0 Å². The number of aromatic nitrogens is 4. The lowest BCUT2D eigenvalue weighted by Crippen LogP contribution is -2.30. The van der Waals surface area contributed by atoms with Crippen LogP contribution in [0.15, 0.2) is 30.6 Å². The first-order chi connectivity index (χ1) is 13.6. The van der Waals surface area contributed by atoms with Gasteiger partial charge in [0.1, 0.15) is 29.8 Å². The summed E-state index contributed by atoms with van der Waals surface area (Å²) in [5, 5.41) is 6.95. The molecule has 0 unspecified atom stereocenters. The number of ether oxygens (including phenoxy) is 1. The van der Waals surface area contributed by atoms with E-state index >= 15 is 0 Å². The molecule has 10 heteroatoms. The molecule has 0 aliphatic carbocycles. The number of hydrogen-bond donors (Lipinski definition) is 1. The minimum Gasteiger partial charge on any atom is -0.446 e. The molecule has 3 aromatic rings. The Morgan fingerprint density at radius 3 is 3.04 bits per heavy atom. The first kappa shape index (κ1) is 16.6. The molecule has 5 heterocycles. The smallest absolute Gasteiger partial charge is 0.416 e. The maximum absolute atomic E-state index is 14.2. The zero-order valence-electron chi connectivity index (χ0n) is 14.6. The Morgan fingerprint density at radius 2 is 2.14 bits per heavy atom. The molecule has 2 amide bonds. The van der Waals surface area contributed by atoms with E-state index in [0.717, 1.165) is 0 Å². The second-order valence-electron chi connectivity index (χ2n) is 6.64. The number of aryl methyl sites for hydroxylation is 1. The maximum atomic E-state index is 14.2. The van der Waals surface area contributed by atoms with Gasteiger partial charge in [-0.15, -0.1) is 0 Å². The fourth-order valence-corrected chi connectivity index (χ4v) is 3.48. The topological polar surface area (TPSA) is 102 Å². The van der Waals surface area contributed by atoms with Crippen molar-refractivity contribution in [2.45, 2.75) is 18.9 Å². The lowest BCUT2D eigenvalue weighted by atomic mass is 10.1. The van der Waals surface area contributed by atoms with Gasteiger partial charge in [-0.25, -0.2) is 23.6 Å². The molecule has 4 bridgehead atoms. The summed E-state index contributed by atoms with van der Waals surface area (Å²) in [5.74, 6) is -0.471. The van der Waals surface area contributed by atoms with Gasteiger partial charge in [0.25, 0.3) is 5.91 Å². The summed E-state index contributed by atoms with van der Waals surface area (Å²) in [6.45, 7) is 0.439. The van der Waals surface area contributed by atoms with E-state index in [9.17, 15) is 14.0 Å². The zero-order valence-corrected chi connectivity index (χ0v) is 14.6. The number of amides is 2. The van der Waals surface area contributed by atoms with Crippen LogP contribution < -0.4 is 10.2 Å². The molecule has 3 aromatic heterocycles. The molecule has 0 spiro atoms. The number of carbonyl (C=O) groups is 2. The van der Waals surface area contributed by atoms with Crippen LogP contribution in [0, 0.1) is 5.82 Å². The molecule has 2 aliphatic rings. The molecule has 0 saturated carbocycles. The molecule has 9 nitrogen and oxygen atoms in total. The van der Waals surface area contributed by atoms with E-state index in [0.29, 0.717) is 42.0 Å². The van der Waals surface area contributed by atoms with Gasteiger partial charge in [-0.1, -0.05) is 0 Å². The quantitative estimate of drug-likeness (QED) is 0.634. The van der Waals surface area contributed by atoms with Crippen LogP contribution >= 0.6 is 0 Å². The molecular formula is C18H15FN6O3. The number of carbonyl (C=O) groups excluding carboxylic acids is 2. The van der Waals surface area contributed by atoms with Gasteiger partial charge in [-0.05, 0) is 31.0 Å². The fraction of sp³-hybridized carbons (Fsp3) is 0.278. The molecule has 28 heavy (non-hydrogen) atoms. The minimum atomic E-state index is -0.611. The lowest BCUT2D eigenvalue weighted by Gasteiger charge is -2.21. The highest BCUT2D eigenvalue weighted by molar-refractivity contribution is 6.00. The third-order valence-corrected chi connectivity index (χ3v) is 4.82. The molecule has 0 aromatic carbocycles. The van der Waals surface area contributed by atoms with E-state index in [-0.39, 0.29) is 18.3 Å². The molecule has 5 rings (SSSR count). The predicted molar refractivity (Wildman–Crippen MR) is 94.4 cm³/mol. The van der Waals surface area contributed by atoms with E-state index in [1.165, 1.54) is 27.7 Å². The average molecular weight is 382 g/mol. The van der Waals surface area contributed by atoms with E-state index in [1.807, 2.05) is 0 Å². The Hall–Kier alpha value is -3.56. The van der Waals surface area contributed by atoms with Gasteiger partial charge < -0.3 is 10.1 Å². The number of pyridine rings is 1. The second kappa shape index (κ2) is 6.25. The third-order valence-electron chi connectivity index (χ3n) is 4.82. The lowest BCUT2D eigenvalue weighted by molar-refractivity contribution is 0.0954. The predicted octanol–water partition coefficient (Wildman–Crippen LogP) is 1.64. The van der Waals surface area contributed by atoms with E-state index < -0.39 is 18.0 Å². The SMILES string of the molecule is O=C1NCCCc2cc(F)cc(n2)[C@H]2COC(=O)N2c2ccn3ncc1c3n2. The van der Waals surface area contributed by atoms with Crippen molar-refractivity contribution in [2.75, 3.05) is 18.1 Å². The Kier molecular flexibility index (Phi) is 3.71. The van der Waals surface area contributed by atoms with Crippen LogP contribution in [0.1, 0.15) is 34.2 Å². The van der Waals surface area contributed by atoms with Gasteiger partial charge in [-0.3, -0.25) is 9.78 Å². The van der Waals surface area contributed by atoms with Crippen molar-refractivity contribution >= 4 is 23.5 Å². The number of halogens is 1. The van der Waals surface area contributed by atoms with Crippen molar-refractivity contribution in [1.82, 2.24) is 24.9 Å². The fourth-order valence-electron chi connectivity index (χ4n) is 3.48. The van der Waals surface area contributed by atoms with Crippen LogP contribution in [0.4, 0.5) is 15.0 Å². The standard InChI is InChI=1S/C18H15FN6O3/c19-10-6-11-2-1-4-20-17(26)12-8-21-24-5-3-15(23-16(12)24)25-14(9-28-18(25)27)13(7-10)22-11/h3,5-8,14H,1-2,4,9H2,(H,20,26)/t14-/m1/s1. The van der Waals surface area contributed by atoms with Gasteiger partial charge >= 0.3 is 6.09 Å². The van der Waals surface area contributed by atoms with Crippen molar-refractivity contribution < 1.29 is 18.7 Å². The number of nitrogens with one attached hydrogen (secondary N) is 1. The summed E-state index contributed by atoms with van der Waals surface area (Å²) < 4.78 is 20.8. The molecule has 1 N–H and O–H groups in total. The summed E-state index contributed by atoms with van der Waals surface area (Å²) in [7, 11) is 0. The highest BCUT2D eigenvalue weighted by Gasteiger charge is 2.38. The van der Waals surface area contributed by atoms with Crippen molar-refractivity contribution in [3.8, 4) is 0 Å². The Bertz CT molecular complexity index is 1110. The van der Waals surface area contributed by atoms with E-state index in [2.05, 4.69) is 20.4 Å². The number of hydrogen-bond acceptors (Lipinski definition) is 6.